The number of allylic oxidation sites excluding steroid dienone is 1. The number of hydrogen-bond donors (Lipinski definition) is 1. The van der Waals surface area contributed by atoms with Crippen LogP contribution in [0.5, 0.6) is 0 Å². The first kappa shape index (κ1) is 40.5. The molecule has 0 aromatic carbocycles. The lowest BCUT2D eigenvalue weighted by molar-refractivity contribution is -0.140. The number of fused-ring (bicyclic) bond motifs is 1. The highest BCUT2D eigenvalue weighted by atomic mass is 79.9. The van der Waals surface area contributed by atoms with Gasteiger partial charge in [-0.25, -0.2) is 19.4 Å². The van der Waals surface area contributed by atoms with Crippen molar-refractivity contribution < 1.29 is 38.1 Å². The maximum Gasteiger partial charge on any atom is 0.425 e. The van der Waals surface area contributed by atoms with Gasteiger partial charge in [0.05, 0.1) is 18.0 Å². The lowest BCUT2D eigenvalue weighted by Crippen LogP contribution is -2.44. The number of rotatable bonds is 12. The quantitative estimate of drug-likeness (QED) is 0.128. The summed E-state index contributed by atoms with van der Waals surface area (Å²) in [5.41, 5.74) is -1.14. The van der Waals surface area contributed by atoms with Crippen LogP contribution in [0.4, 0.5) is 20.2 Å². The molecule has 1 unspecified atom stereocenters. The SMILES string of the molecule is COC(=O)CCCCC/C=C/c1cnc(N(C(=O)OC(C)(C)C)C(=O)OC(C)(C)C)c2c(Br)nn(CCC(C)NC(=O)OC(C)(C)C)c12. The summed E-state index contributed by atoms with van der Waals surface area (Å²) in [7, 11) is 1.38. The molecule has 2 aromatic rings. The molecule has 1 N–H and O–H groups in total. The standard InChI is InChI=1S/C34H52BrN5O8/c1-22(37-29(42)46-32(2,3)4)19-20-39-26-23(17-15-13-12-14-16-18-24(41)45-11)21-36-28(25(26)27(35)38-39)40(30(43)47-33(5,6)7)31(44)48-34(8,9)10/h15,17,21-22H,12-14,16,18-20H2,1-11H3,(H,37,42)/b17-15+. The summed E-state index contributed by atoms with van der Waals surface area (Å²) < 4.78 is 23.4. The van der Waals surface area contributed by atoms with Crippen LogP contribution in [0.2, 0.25) is 0 Å². The molecule has 2 heterocycles. The highest BCUT2D eigenvalue weighted by molar-refractivity contribution is 9.10. The smallest absolute Gasteiger partial charge is 0.425 e. The second-order valence-corrected chi connectivity index (χ2v) is 15.2. The van der Waals surface area contributed by atoms with Crippen LogP contribution in [0, 0.1) is 0 Å². The number of alkyl carbamates (subject to hydrolysis) is 1. The number of carbonyl (C=O) groups is 4. The second kappa shape index (κ2) is 17.1. The van der Waals surface area contributed by atoms with Crippen LogP contribution in [0.1, 0.15) is 113 Å². The van der Waals surface area contributed by atoms with Crippen LogP contribution in [0.25, 0.3) is 17.0 Å². The number of carbonyl (C=O) groups excluding carboxylic acids is 4. The van der Waals surface area contributed by atoms with E-state index >= 15 is 0 Å². The van der Waals surface area contributed by atoms with Gasteiger partial charge in [0.1, 0.15) is 21.4 Å². The number of pyridine rings is 1. The Labute approximate surface area is 292 Å². The van der Waals surface area contributed by atoms with Gasteiger partial charge in [0.25, 0.3) is 0 Å². The molecule has 0 aliphatic rings. The van der Waals surface area contributed by atoms with Crippen molar-refractivity contribution in [2.75, 3.05) is 12.0 Å². The molecule has 0 saturated carbocycles. The van der Waals surface area contributed by atoms with Crippen LogP contribution < -0.4 is 10.2 Å². The molecule has 3 amide bonds. The minimum atomic E-state index is -0.948. The van der Waals surface area contributed by atoms with E-state index in [9.17, 15) is 19.2 Å². The molecule has 0 radical (unpaired) electrons. The van der Waals surface area contributed by atoms with E-state index in [1.165, 1.54) is 7.11 Å². The number of amides is 3. The zero-order valence-electron chi connectivity index (χ0n) is 30.2. The molecule has 14 heteroatoms. The van der Waals surface area contributed by atoms with Crippen LogP contribution in [-0.4, -0.2) is 69.0 Å². The third-order valence-corrected chi connectivity index (χ3v) is 6.97. The highest BCUT2D eigenvalue weighted by Crippen LogP contribution is 2.36. The lowest BCUT2D eigenvalue weighted by atomic mass is 10.1. The summed E-state index contributed by atoms with van der Waals surface area (Å²) in [6.45, 7) is 17.8. The summed E-state index contributed by atoms with van der Waals surface area (Å²) in [4.78, 5) is 56.2. The van der Waals surface area contributed by atoms with Crippen molar-refractivity contribution in [3.8, 4) is 0 Å². The van der Waals surface area contributed by atoms with Crippen molar-refractivity contribution in [3.05, 3.63) is 22.4 Å². The van der Waals surface area contributed by atoms with Crippen LogP contribution in [0.3, 0.4) is 0 Å². The number of anilines is 1. The van der Waals surface area contributed by atoms with Crippen LogP contribution in [-0.2, 0) is 30.3 Å². The average Bonchev–Trinajstić information content (AvgIpc) is 3.25. The molecule has 2 rings (SSSR count). The third kappa shape index (κ3) is 13.4. The number of aromatic nitrogens is 3. The number of hydrogen-bond acceptors (Lipinski definition) is 10. The van der Waals surface area contributed by atoms with E-state index in [4.69, 9.17) is 24.0 Å². The molecule has 0 spiro atoms. The number of esters is 1. The van der Waals surface area contributed by atoms with Gasteiger partial charge in [-0.3, -0.25) is 9.48 Å². The number of nitrogens with one attached hydrogen (secondary N) is 1. The number of methoxy groups -OCH3 is 1. The van der Waals surface area contributed by atoms with Gasteiger partial charge < -0.3 is 24.3 Å². The number of aryl methyl sites for hydroxylation is 1. The minimum Gasteiger partial charge on any atom is -0.469 e. The maximum atomic E-state index is 13.5. The van der Waals surface area contributed by atoms with E-state index in [0.717, 1.165) is 30.6 Å². The van der Waals surface area contributed by atoms with E-state index in [0.29, 0.717) is 40.5 Å². The molecule has 0 fully saturated rings. The Hall–Kier alpha value is -3.68. The molecule has 0 bridgehead atoms. The average molecular weight is 739 g/mol. The van der Waals surface area contributed by atoms with Gasteiger partial charge in [0, 0.05) is 30.8 Å². The fraction of sp³-hybridized carbons (Fsp3) is 0.647. The molecule has 0 saturated heterocycles. The molecule has 2 aromatic heterocycles. The largest absolute Gasteiger partial charge is 0.469 e. The Bertz CT molecular complexity index is 1440. The van der Waals surface area contributed by atoms with E-state index < -0.39 is 35.1 Å². The second-order valence-electron chi connectivity index (χ2n) is 14.5. The number of imide groups is 1. The zero-order valence-corrected chi connectivity index (χ0v) is 31.8. The van der Waals surface area contributed by atoms with Crippen molar-refractivity contribution in [2.45, 2.75) is 137 Å². The molecule has 0 aliphatic heterocycles. The van der Waals surface area contributed by atoms with Crippen LogP contribution in [0.15, 0.2) is 16.9 Å². The van der Waals surface area contributed by atoms with Gasteiger partial charge in [-0.15, -0.1) is 0 Å². The van der Waals surface area contributed by atoms with Gasteiger partial charge >= 0.3 is 24.2 Å². The van der Waals surface area contributed by atoms with Crippen molar-refractivity contribution >= 4 is 63.0 Å². The topological polar surface area (TPSA) is 151 Å². The highest BCUT2D eigenvalue weighted by Gasteiger charge is 2.36. The van der Waals surface area contributed by atoms with Gasteiger partial charge in [-0.05, 0) is 111 Å². The number of nitrogens with zero attached hydrogens (tertiary/aromatic N) is 4. The van der Waals surface area contributed by atoms with Crippen molar-refractivity contribution in [3.63, 3.8) is 0 Å². The van der Waals surface area contributed by atoms with Crippen LogP contribution >= 0.6 is 15.9 Å². The van der Waals surface area contributed by atoms with E-state index in [1.54, 1.807) is 73.2 Å². The summed E-state index contributed by atoms with van der Waals surface area (Å²) in [5, 5.41) is 7.96. The van der Waals surface area contributed by atoms with Crippen molar-refractivity contribution in [1.82, 2.24) is 20.1 Å². The van der Waals surface area contributed by atoms with Gasteiger partial charge in [0.2, 0.25) is 0 Å². The molecule has 13 nitrogen and oxygen atoms in total. The van der Waals surface area contributed by atoms with Gasteiger partial charge in [-0.2, -0.15) is 10.00 Å². The fourth-order valence-corrected chi connectivity index (χ4v) is 4.97. The predicted octanol–water partition coefficient (Wildman–Crippen LogP) is 8.31. The fourth-order valence-electron chi connectivity index (χ4n) is 4.41. The van der Waals surface area contributed by atoms with Crippen molar-refractivity contribution in [2.24, 2.45) is 0 Å². The maximum absolute atomic E-state index is 13.5. The first-order valence-corrected chi connectivity index (χ1v) is 16.9. The Morgan fingerprint density at radius 1 is 0.938 bits per heavy atom. The number of ether oxygens (including phenoxy) is 4. The van der Waals surface area contributed by atoms with E-state index in [2.05, 4.69) is 26.2 Å². The molecule has 48 heavy (non-hydrogen) atoms. The normalized spacial score (nSPS) is 12.9. The molecular weight excluding hydrogens is 686 g/mol. The van der Waals surface area contributed by atoms with Gasteiger partial charge in [-0.1, -0.05) is 18.6 Å². The Kier molecular flexibility index (Phi) is 14.4. The van der Waals surface area contributed by atoms with Crippen molar-refractivity contribution in [1.29, 1.82) is 0 Å². The third-order valence-electron chi connectivity index (χ3n) is 6.41. The summed E-state index contributed by atoms with van der Waals surface area (Å²) in [6.07, 6.45) is 7.16. The summed E-state index contributed by atoms with van der Waals surface area (Å²) in [5.74, 6) is -0.230. The first-order valence-electron chi connectivity index (χ1n) is 16.2. The Morgan fingerprint density at radius 2 is 1.52 bits per heavy atom. The lowest BCUT2D eigenvalue weighted by Gasteiger charge is -2.28. The monoisotopic (exact) mass is 737 g/mol. The number of unbranched alkanes of at least 4 members (excludes halogenated alkanes) is 3. The number of halogens is 1. The molecule has 1 atom stereocenters. The summed E-state index contributed by atoms with van der Waals surface area (Å²) in [6, 6.07) is -0.261. The first-order chi connectivity index (χ1) is 22.1. The predicted molar refractivity (Wildman–Crippen MR) is 188 cm³/mol. The Morgan fingerprint density at radius 3 is 2.06 bits per heavy atom. The molecule has 268 valence electrons. The Balaban J connectivity index is 2.55. The molecular formula is C34H52BrN5O8. The van der Waals surface area contributed by atoms with E-state index in [-0.39, 0.29) is 17.8 Å². The zero-order chi connectivity index (χ0) is 36.4. The summed E-state index contributed by atoms with van der Waals surface area (Å²) >= 11 is 3.55. The minimum absolute atomic E-state index is 0.00786. The molecule has 0 aliphatic carbocycles. The van der Waals surface area contributed by atoms with E-state index in [1.807, 2.05) is 19.1 Å². The van der Waals surface area contributed by atoms with Gasteiger partial charge in [0.15, 0.2) is 5.82 Å².